The zero-order chi connectivity index (χ0) is 16.9. The minimum atomic E-state index is 0.0288. The molecular formula is C18H21ClN4O. The van der Waals surface area contributed by atoms with Gasteiger partial charge in [-0.15, -0.1) is 0 Å². The zero-order valence-corrected chi connectivity index (χ0v) is 14.5. The number of nitrogens with zero attached hydrogens (tertiary/aromatic N) is 3. The summed E-state index contributed by atoms with van der Waals surface area (Å²) in [6, 6.07) is 9.32. The van der Waals surface area contributed by atoms with Crippen LogP contribution in [0.2, 0.25) is 5.02 Å². The minimum Gasteiger partial charge on any atom is -0.353 e. The van der Waals surface area contributed by atoms with Gasteiger partial charge in [0.05, 0.1) is 28.2 Å². The van der Waals surface area contributed by atoms with Gasteiger partial charge < -0.3 is 15.1 Å². The van der Waals surface area contributed by atoms with Crippen LogP contribution in [0, 0.1) is 0 Å². The van der Waals surface area contributed by atoms with E-state index in [1.807, 2.05) is 35.2 Å². The molecular weight excluding hydrogens is 324 g/mol. The van der Waals surface area contributed by atoms with E-state index in [0.717, 1.165) is 44.1 Å². The summed E-state index contributed by atoms with van der Waals surface area (Å²) in [4.78, 5) is 21.1. The second-order valence-electron chi connectivity index (χ2n) is 5.79. The predicted octanol–water partition coefficient (Wildman–Crippen LogP) is 3.26. The molecule has 1 aromatic heterocycles. The van der Waals surface area contributed by atoms with Crippen molar-refractivity contribution in [2.45, 2.75) is 6.92 Å². The van der Waals surface area contributed by atoms with E-state index in [1.165, 1.54) is 0 Å². The number of nitrogens with one attached hydrogen (secondary N) is 1. The van der Waals surface area contributed by atoms with E-state index in [9.17, 15) is 4.79 Å². The van der Waals surface area contributed by atoms with Gasteiger partial charge in [0, 0.05) is 32.4 Å². The number of halogens is 1. The van der Waals surface area contributed by atoms with Crippen molar-refractivity contribution in [2.75, 3.05) is 38.0 Å². The van der Waals surface area contributed by atoms with Crippen molar-refractivity contribution in [1.29, 1.82) is 0 Å². The third-order valence-electron chi connectivity index (χ3n) is 4.24. The molecule has 126 valence electrons. The molecule has 0 radical (unpaired) electrons. The number of hydrogen-bond donors (Lipinski definition) is 1. The van der Waals surface area contributed by atoms with Crippen LogP contribution in [-0.2, 0) is 0 Å². The van der Waals surface area contributed by atoms with Gasteiger partial charge in [-0.05, 0) is 24.7 Å². The van der Waals surface area contributed by atoms with Crippen molar-refractivity contribution in [3.05, 3.63) is 53.3 Å². The Morgan fingerprint density at radius 3 is 2.67 bits per heavy atom. The number of carbonyl (C=O) groups is 1. The molecule has 1 aromatic carbocycles. The lowest BCUT2D eigenvalue weighted by atomic mass is 10.2. The molecule has 0 bridgehead atoms. The minimum absolute atomic E-state index is 0.0288. The van der Waals surface area contributed by atoms with Crippen LogP contribution in [0.1, 0.15) is 17.3 Å². The third kappa shape index (κ3) is 3.86. The van der Waals surface area contributed by atoms with Gasteiger partial charge in [0.25, 0.3) is 5.91 Å². The molecule has 3 rings (SSSR count). The predicted molar refractivity (Wildman–Crippen MR) is 97.0 cm³/mol. The highest BCUT2D eigenvalue weighted by atomic mass is 35.5. The molecule has 1 fully saturated rings. The first kappa shape index (κ1) is 16.7. The second-order valence-corrected chi connectivity index (χ2v) is 6.20. The van der Waals surface area contributed by atoms with Crippen LogP contribution in [0.5, 0.6) is 0 Å². The SMILES string of the molecule is CCN1CCN(C(=O)c2cncc(Nc3ccccc3Cl)c2)CC1. The fraction of sp³-hybridized carbons (Fsp3) is 0.333. The lowest BCUT2D eigenvalue weighted by molar-refractivity contribution is 0.0643. The number of hydrogen-bond acceptors (Lipinski definition) is 4. The van der Waals surface area contributed by atoms with E-state index in [-0.39, 0.29) is 5.91 Å². The maximum absolute atomic E-state index is 12.7. The lowest BCUT2D eigenvalue weighted by Gasteiger charge is -2.34. The van der Waals surface area contributed by atoms with Crippen LogP contribution in [0.25, 0.3) is 0 Å². The summed E-state index contributed by atoms with van der Waals surface area (Å²) in [6.45, 7) is 6.54. The Balaban J connectivity index is 1.71. The lowest BCUT2D eigenvalue weighted by Crippen LogP contribution is -2.48. The van der Waals surface area contributed by atoms with Crippen molar-refractivity contribution < 1.29 is 4.79 Å². The van der Waals surface area contributed by atoms with Crippen molar-refractivity contribution in [2.24, 2.45) is 0 Å². The molecule has 1 aliphatic heterocycles. The van der Waals surface area contributed by atoms with Gasteiger partial charge in [0.1, 0.15) is 0 Å². The largest absolute Gasteiger partial charge is 0.353 e. The molecule has 0 spiro atoms. The monoisotopic (exact) mass is 344 g/mol. The van der Waals surface area contributed by atoms with Crippen molar-refractivity contribution in [3.8, 4) is 0 Å². The summed E-state index contributed by atoms with van der Waals surface area (Å²) < 4.78 is 0. The molecule has 2 heterocycles. The molecule has 1 amide bonds. The van der Waals surface area contributed by atoms with Crippen LogP contribution >= 0.6 is 11.6 Å². The van der Waals surface area contributed by atoms with Gasteiger partial charge >= 0.3 is 0 Å². The van der Waals surface area contributed by atoms with Crippen molar-refractivity contribution in [1.82, 2.24) is 14.8 Å². The summed E-state index contributed by atoms with van der Waals surface area (Å²) in [6.07, 6.45) is 3.31. The molecule has 0 unspecified atom stereocenters. The van der Waals surface area contributed by atoms with Crippen LogP contribution in [0.15, 0.2) is 42.7 Å². The van der Waals surface area contributed by atoms with Crippen LogP contribution in [0.4, 0.5) is 11.4 Å². The normalized spacial score (nSPS) is 15.3. The fourth-order valence-corrected chi connectivity index (χ4v) is 2.98. The first-order valence-corrected chi connectivity index (χ1v) is 8.53. The summed E-state index contributed by atoms with van der Waals surface area (Å²) in [5.74, 6) is 0.0288. The summed E-state index contributed by atoms with van der Waals surface area (Å²) in [5.41, 5.74) is 2.14. The highest BCUT2D eigenvalue weighted by molar-refractivity contribution is 6.33. The van der Waals surface area contributed by atoms with E-state index < -0.39 is 0 Å². The number of anilines is 2. The number of carbonyl (C=O) groups excluding carboxylic acids is 1. The van der Waals surface area contributed by atoms with E-state index in [1.54, 1.807) is 12.4 Å². The average Bonchev–Trinajstić information content (AvgIpc) is 2.63. The third-order valence-corrected chi connectivity index (χ3v) is 4.57. The number of pyridine rings is 1. The number of benzene rings is 1. The van der Waals surface area contributed by atoms with Gasteiger partial charge in [0.15, 0.2) is 0 Å². The smallest absolute Gasteiger partial charge is 0.255 e. The highest BCUT2D eigenvalue weighted by Crippen LogP contribution is 2.25. The molecule has 1 N–H and O–H groups in total. The summed E-state index contributed by atoms with van der Waals surface area (Å²) >= 11 is 6.16. The molecule has 0 saturated carbocycles. The first-order valence-electron chi connectivity index (χ1n) is 8.15. The molecule has 1 aliphatic rings. The molecule has 24 heavy (non-hydrogen) atoms. The number of piperazine rings is 1. The molecule has 2 aromatic rings. The van der Waals surface area contributed by atoms with Gasteiger partial charge in [-0.1, -0.05) is 30.7 Å². The Labute approximate surface area is 147 Å². The van der Waals surface area contributed by atoms with Gasteiger partial charge in [-0.25, -0.2) is 0 Å². The molecule has 0 aliphatic carbocycles. The Hall–Kier alpha value is -2.11. The van der Waals surface area contributed by atoms with E-state index in [0.29, 0.717) is 10.6 Å². The van der Waals surface area contributed by atoms with Gasteiger partial charge in [0.2, 0.25) is 0 Å². The number of para-hydroxylation sites is 1. The van der Waals surface area contributed by atoms with Crippen LogP contribution in [-0.4, -0.2) is 53.4 Å². The number of rotatable bonds is 4. The van der Waals surface area contributed by atoms with Crippen LogP contribution < -0.4 is 5.32 Å². The molecule has 1 saturated heterocycles. The van der Waals surface area contributed by atoms with Gasteiger partial charge in [-0.2, -0.15) is 0 Å². The standard InChI is InChI=1S/C18H21ClN4O/c1-2-22-7-9-23(10-8-22)18(24)14-11-15(13-20-12-14)21-17-6-4-3-5-16(17)19/h3-6,11-13,21H,2,7-10H2,1H3. The second kappa shape index (κ2) is 7.64. The number of likely N-dealkylation sites (N-methyl/N-ethyl adjacent to an activating group) is 1. The van der Waals surface area contributed by atoms with Gasteiger partial charge in [-0.3, -0.25) is 9.78 Å². The zero-order valence-electron chi connectivity index (χ0n) is 13.7. The average molecular weight is 345 g/mol. The maximum Gasteiger partial charge on any atom is 0.255 e. The highest BCUT2D eigenvalue weighted by Gasteiger charge is 2.21. The van der Waals surface area contributed by atoms with E-state index >= 15 is 0 Å². The summed E-state index contributed by atoms with van der Waals surface area (Å²) in [7, 11) is 0. The quantitative estimate of drug-likeness (QED) is 0.925. The first-order chi connectivity index (χ1) is 11.7. The van der Waals surface area contributed by atoms with Crippen molar-refractivity contribution in [3.63, 3.8) is 0 Å². The number of aromatic nitrogens is 1. The van der Waals surface area contributed by atoms with E-state index in [4.69, 9.17) is 11.6 Å². The molecule has 5 nitrogen and oxygen atoms in total. The Morgan fingerprint density at radius 2 is 1.96 bits per heavy atom. The van der Waals surface area contributed by atoms with E-state index in [2.05, 4.69) is 22.1 Å². The van der Waals surface area contributed by atoms with Crippen LogP contribution in [0.3, 0.4) is 0 Å². The summed E-state index contributed by atoms with van der Waals surface area (Å²) in [5, 5.41) is 3.84. The Kier molecular flexibility index (Phi) is 5.33. The van der Waals surface area contributed by atoms with Crippen molar-refractivity contribution >= 4 is 28.9 Å². The maximum atomic E-state index is 12.7. The topological polar surface area (TPSA) is 48.5 Å². The fourth-order valence-electron chi connectivity index (χ4n) is 2.79. The Bertz CT molecular complexity index is 714. The Morgan fingerprint density at radius 1 is 1.21 bits per heavy atom. The molecule has 6 heteroatoms. The number of amides is 1. The molecule has 0 atom stereocenters.